The fourth-order valence-corrected chi connectivity index (χ4v) is 3.11. The summed E-state index contributed by atoms with van der Waals surface area (Å²) in [6.45, 7) is 1.57. The number of likely N-dealkylation sites (N-methyl/N-ethyl adjacent to an activating group) is 1. The molecule has 0 aromatic heterocycles. The predicted molar refractivity (Wildman–Crippen MR) is 89.0 cm³/mol. The molecular formula is C17H18FNO4S. The second-order valence-electron chi connectivity index (χ2n) is 5.73. The van der Waals surface area contributed by atoms with E-state index in [9.17, 15) is 12.8 Å². The van der Waals surface area contributed by atoms with Gasteiger partial charge < -0.3 is 14.4 Å². The van der Waals surface area contributed by atoms with E-state index in [0.717, 1.165) is 35.9 Å². The Morgan fingerprint density at radius 2 is 2.04 bits per heavy atom. The zero-order valence-corrected chi connectivity index (χ0v) is 14.3. The van der Waals surface area contributed by atoms with Crippen molar-refractivity contribution in [2.75, 3.05) is 31.4 Å². The number of hydrogen-bond acceptors (Lipinski definition) is 5. The lowest BCUT2D eigenvalue weighted by Crippen LogP contribution is -2.28. The number of hydrogen-bond donors (Lipinski definition) is 0. The van der Waals surface area contributed by atoms with Gasteiger partial charge in [0.05, 0.1) is 17.1 Å². The molecule has 0 radical (unpaired) electrons. The van der Waals surface area contributed by atoms with Gasteiger partial charge >= 0.3 is 0 Å². The van der Waals surface area contributed by atoms with E-state index in [1.54, 1.807) is 0 Å². The van der Waals surface area contributed by atoms with Crippen molar-refractivity contribution < 1.29 is 22.3 Å². The quantitative estimate of drug-likeness (QED) is 0.793. The second kappa shape index (κ2) is 6.32. The smallest absolute Gasteiger partial charge is 0.175 e. The van der Waals surface area contributed by atoms with Crippen molar-refractivity contribution >= 4 is 15.5 Å². The first-order chi connectivity index (χ1) is 11.3. The highest BCUT2D eigenvalue weighted by Crippen LogP contribution is 2.32. The molecule has 0 unspecified atom stereocenters. The molecule has 0 saturated carbocycles. The van der Waals surface area contributed by atoms with Gasteiger partial charge in [-0.1, -0.05) is 6.07 Å². The number of ether oxygens (including phenoxy) is 2. The maximum atomic E-state index is 13.8. The first kappa shape index (κ1) is 16.6. The summed E-state index contributed by atoms with van der Waals surface area (Å²) in [6.07, 6.45) is 1.07. The van der Waals surface area contributed by atoms with Crippen LogP contribution in [0.1, 0.15) is 5.56 Å². The highest BCUT2D eigenvalue weighted by molar-refractivity contribution is 7.90. The van der Waals surface area contributed by atoms with E-state index in [2.05, 4.69) is 4.90 Å². The monoisotopic (exact) mass is 351 g/mol. The van der Waals surface area contributed by atoms with Crippen LogP contribution in [0.5, 0.6) is 11.5 Å². The average Bonchev–Trinajstić information content (AvgIpc) is 2.53. The maximum Gasteiger partial charge on any atom is 0.175 e. The molecular weight excluding hydrogens is 333 g/mol. The van der Waals surface area contributed by atoms with Crippen LogP contribution in [0.25, 0.3) is 0 Å². The summed E-state index contributed by atoms with van der Waals surface area (Å²) in [7, 11) is -1.44. The predicted octanol–water partition coefficient (Wildman–Crippen LogP) is 2.64. The van der Waals surface area contributed by atoms with Gasteiger partial charge in [-0.25, -0.2) is 12.8 Å². The summed E-state index contributed by atoms with van der Waals surface area (Å²) in [6, 6.07) is 9.15. The molecule has 0 spiro atoms. The lowest BCUT2D eigenvalue weighted by atomic mass is 10.1. The molecule has 0 aliphatic carbocycles. The standard InChI is InChI=1S/C17H18FNO4S/c1-19-7-8-22-16-6-3-12(9-15(16)19)11-23-17-10-13(24(2,20)21)4-5-14(17)18/h3-6,9-10H,7-8,11H2,1-2H3. The molecule has 3 rings (SSSR count). The van der Waals surface area contributed by atoms with Crippen molar-refractivity contribution in [2.24, 2.45) is 0 Å². The third kappa shape index (κ3) is 3.46. The molecule has 128 valence electrons. The van der Waals surface area contributed by atoms with Crippen molar-refractivity contribution in [3.63, 3.8) is 0 Å². The molecule has 5 nitrogen and oxygen atoms in total. The minimum Gasteiger partial charge on any atom is -0.490 e. The number of sulfone groups is 1. The third-order valence-corrected chi connectivity index (χ3v) is 4.95. The first-order valence-electron chi connectivity index (χ1n) is 7.44. The van der Waals surface area contributed by atoms with Crippen LogP contribution in [-0.2, 0) is 16.4 Å². The van der Waals surface area contributed by atoms with Crippen LogP contribution >= 0.6 is 0 Å². The third-order valence-electron chi connectivity index (χ3n) is 3.84. The summed E-state index contributed by atoms with van der Waals surface area (Å²) < 4.78 is 48.0. The summed E-state index contributed by atoms with van der Waals surface area (Å²) in [5, 5.41) is 0. The van der Waals surface area contributed by atoms with Crippen molar-refractivity contribution in [1.82, 2.24) is 0 Å². The fourth-order valence-electron chi connectivity index (χ4n) is 2.47. The molecule has 2 aromatic rings. The van der Waals surface area contributed by atoms with E-state index in [4.69, 9.17) is 9.47 Å². The SMILES string of the molecule is CN1CCOc2ccc(COc3cc(S(C)(=O)=O)ccc3F)cc21. The van der Waals surface area contributed by atoms with E-state index in [-0.39, 0.29) is 17.3 Å². The number of halogens is 1. The summed E-state index contributed by atoms with van der Waals surface area (Å²) in [4.78, 5) is 2.10. The van der Waals surface area contributed by atoms with Crippen molar-refractivity contribution in [1.29, 1.82) is 0 Å². The Morgan fingerprint density at radius 1 is 1.25 bits per heavy atom. The van der Waals surface area contributed by atoms with Gasteiger partial charge in [0.25, 0.3) is 0 Å². The lowest BCUT2D eigenvalue weighted by Gasteiger charge is -2.28. The minimum absolute atomic E-state index is 0.0254. The van der Waals surface area contributed by atoms with Crippen molar-refractivity contribution in [2.45, 2.75) is 11.5 Å². The Morgan fingerprint density at radius 3 is 2.79 bits per heavy atom. The van der Waals surface area contributed by atoms with Crippen LogP contribution in [0.2, 0.25) is 0 Å². The molecule has 2 aromatic carbocycles. The minimum atomic E-state index is -3.41. The topological polar surface area (TPSA) is 55.8 Å². The van der Waals surface area contributed by atoms with Gasteiger partial charge in [0.2, 0.25) is 0 Å². The lowest BCUT2D eigenvalue weighted by molar-refractivity contribution is 0.288. The van der Waals surface area contributed by atoms with Gasteiger partial charge in [-0.05, 0) is 29.8 Å². The van der Waals surface area contributed by atoms with Crippen molar-refractivity contribution in [3.8, 4) is 11.5 Å². The van der Waals surface area contributed by atoms with Gasteiger partial charge in [0.1, 0.15) is 19.0 Å². The molecule has 24 heavy (non-hydrogen) atoms. The van der Waals surface area contributed by atoms with Crippen molar-refractivity contribution in [3.05, 3.63) is 47.8 Å². The van der Waals surface area contributed by atoms with Gasteiger partial charge in [0, 0.05) is 19.4 Å². The fraction of sp³-hybridized carbons (Fsp3) is 0.294. The Bertz CT molecular complexity index is 867. The van der Waals surface area contributed by atoms with E-state index in [1.165, 1.54) is 12.1 Å². The molecule has 7 heteroatoms. The Kier molecular flexibility index (Phi) is 4.36. The Labute approximate surface area is 140 Å². The van der Waals surface area contributed by atoms with Crippen LogP contribution < -0.4 is 14.4 Å². The van der Waals surface area contributed by atoms with Crippen LogP contribution in [0.15, 0.2) is 41.3 Å². The molecule has 0 N–H and O–H groups in total. The number of benzene rings is 2. The van der Waals surface area contributed by atoms with Crippen LogP contribution in [0.3, 0.4) is 0 Å². The van der Waals surface area contributed by atoms with E-state index in [1.807, 2.05) is 25.2 Å². The molecule has 0 amide bonds. The zero-order valence-electron chi connectivity index (χ0n) is 13.5. The Balaban J connectivity index is 1.80. The highest BCUT2D eigenvalue weighted by atomic mass is 32.2. The van der Waals surface area contributed by atoms with Gasteiger partial charge in [0.15, 0.2) is 21.4 Å². The number of fused-ring (bicyclic) bond motifs is 1. The zero-order chi connectivity index (χ0) is 17.3. The van der Waals surface area contributed by atoms with Crippen LogP contribution in [0.4, 0.5) is 10.1 Å². The van der Waals surface area contributed by atoms with E-state index >= 15 is 0 Å². The van der Waals surface area contributed by atoms with E-state index in [0.29, 0.717) is 6.61 Å². The van der Waals surface area contributed by atoms with Gasteiger partial charge in [-0.3, -0.25) is 0 Å². The molecule has 0 saturated heterocycles. The van der Waals surface area contributed by atoms with Gasteiger partial charge in [-0.2, -0.15) is 0 Å². The molecule has 0 atom stereocenters. The maximum absolute atomic E-state index is 13.8. The molecule has 0 bridgehead atoms. The van der Waals surface area contributed by atoms with Gasteiger partial charge in [-0.15, -0.1) is 0 Å². The first-order valence-corrected chi connectivity index (χ1v) is 9.33. The molecule has 1 aliphatic heterocycles. The van der Waals surface area contributed by atoms with E-state index < -0.39 is 15.7 Å². The number of rotatable bonds is 4. The Hall–Kier alpha value is -2.28. The van der Waals surface area contributed by atoms with Crippen LogP contribution in [0, 0.1) is 5.82 Å². The largest absolute Gasteiger partial charge is 0.490 e. The normalized spacial score (nSPS) is 14.0. The second-order valence-corrected chi connectivity index (χ2v) is 7.74. The number of nitrogens with zero attached hydrogens (tertiary/aromatic N) is 1. The number of anilines is 1. The molecule has 0 fully saturated rings. The van der Waals surface area contributed by atoms with Crippen LogP contribution in [-0.4, -0.2) is 34.9 Å². The highest BCUT2D eigenvalue weighted by Gasteiger charge is 2.16. The molecule has 1 heterocycles. The average molecular weight is 351 g/mol. The summed E-state index contributed by atoms with van der Waals surface area (Å²) in [5.74, 6) is 0.124. The summed E-state index contributed by atoms with van der Waals surface area (Å²) >= 11 is 0. The summed E-state index contributed by atoms with van der Waals surface area (Å²) in [5.41, 5.74) is 1.79. The molecule has 1 aliphatic rings.